The monoisotopic (exact) mass is 401 g/mol. The van der Waals surface area contributed by atoms with E-state index in [1.165, 1.54) is 13.7 Å². The highest BCUT2D eigenvalue weighted by atomic mass is 32.2. The van der Waals surface area contributed by atoms with Crippen LogP contribution >= 0.6 is 0 Å². The fourth-order valence-corrected chi connectivity index (χ4v) is 4.72. The summed E-state index contributed by atoms with van der Waals surface area (Å²) in [4.78, 5) is 13.9. The summed E-state index contributed by atoms with van der Waals surface area (Å²) >= 11 is 0. The first-order valence-electron chi connectivity index (χ1n) is 9.03. The van der Waals surface area contributed by atoms with Crippen molar-refractivity contribution in [3.63, 3.8) is 0 Å². The Hall–Kier alpha value is -2.82. The lowest BCUT2D eigenvalue weighted by Crippen LogP contribution is -3.14. The Balaban J connectivity index is 1.42. The van der Waals surface area contributed by atoms with Crippen LogP contribution in [0, 0.1) is 0 Å². The second kappa shape index (κ2) is 7.66. The lowest BCUT2D eigenvalue weighted by molar-refractivity contribution is -0.927. The summed E-state index contributed by atoms with van der Waals surface area (Å²) in [5.74, 6) is 0. The van der Waals surface area contributed by atoms with Crippen LogP contribution < -0.4 is 10.6 Å². The van der Waals surface area contributed by atoms with Crippen molar-refractivity contribution in [1.82, 2.24) is 24.1 Å². The number of sulfonamides is 1. The van der Waals surface area contributed by atoms with Crippen molar-refractivity contribution >= 4 is 10.0 Å². The molecule has 0 atom stereocenters. The van der Waals surface area contributed by atoms with Gasteiger partial charge < -0.3 is 4.90 Å². The maximum absolute atomic E-state index is 12.7. The fourth-order valence-electron chi connectivity index (χ4n) is 3.26. The van der Waals surface area contributed by atoms with Gasteiger partial charge in [0.2, 0.25) is 10.0 Å². The zero-order valence-electron chi connectivity index (χ0n) is 15.2. The molecule has 0 bridgehead atoms. The first kappa shape index (κ1) is 18.5. The van der Waals surface area contributed by atoms with E-state index in [9.17, 15) is 13.2 Å². The minimum atomic E-state index is -3.48. The van der Waals surface area contributed by atoms with E-state index < -0.39 is 10.0 Å². The van der Waals surface area contributed by atoms with Gasteiger partial charge in [-0.25, -0.2) is 13.2 Å². The quantitative estimate of drug-likeness (QED) is 0.590. The molecule has 1 N–H and O–H groups in total. The van der Waals surface area contributed by atoms with Gasteiger partial charge >= 0.3 is 5.69 Å². The number of para-hydroxylation sites is 1. The van der Waals surface area contributed by atoms with Gasteiger partial charge in [0.1, 0.15) is 0 Å². The Kier molecular flexibility index (Phi) is 5.07. The van der Waals surface area contributed by atoms with Gasteiger partial charge in [0.15, 0.2) is 6.67 Å². The van der Waals surface area contributed by atoms with Gasteiger partial charge in [0, 0.05) is 0 Å². The van der Waals surface area contributed by atoms with Crippen LogP contribution in [0.1, 0.15) is 0 Å². The maximum Gasteiger partial charge on any atom is 0.373 e. The molecule has 0 unspecified atom stereocenters. The molecule has 4 rings (SSSR count). The van der Waals surface area contributed by atoms with E-state index in [-0.39, 0.29) is 5.69 Å². The van der Waals surface area contributed by atoms with Crippen molar-refractivity contribution < 1.29 is 13.3 Å². The summed E-state index contributed by atoms with van der Waals surface area (Å²) in [6.45, 7) is 2.33. The lowest BCUT2D eigenvalue weighted by atomic mass is 10.3. The zero-order valence-corrected chi connectivity index (χ0v) is 16.0. The number of hydrogen-bond acceptors (Lipinski definition) is 5. The summed E-state index contributed by atoms with van der Waals surface area (Å²) < 4.78 is 29.5. The number of rotatable bonds is 5. The number of aromatic nitrogens is 4. The van der Waals surface area contributed by atoms with E-state index in [4.69, 9.17) is 0 Å². The first-order chi connectivity index (χ1) is 13.6. The first-order valence-corrected chi connectivity index (χ1v) is 10.5. The molecule has 28 heavy (non-hydrogen) atoms. The molecule has 2 aromatic carbocycles. The maximum atomic E-state index is 12.7. The van der Waals surface area contributed by atoms with Crippen LogP contribution in [-0.4, -0.2) is 58.7 Å². The van der Waals surface area contributed by atoms with Gasteiger partial charge in [-0.2, -0.15) is 8.99 Å². The second-order valence-corrected chi connectivity index (χ2v) is 8.57. The molecule has 3 aromatic rings. The molecule has 10 heteroatoms. The predicted octanol–water partition coefficient (Wildman–Crippen LogP) is -1.02. The molecular formula is C18H21N6O3S+. The molecule has 0 saturated carbocycles. The predicted molar refractivity (Wildman–Crippen MR) is 102 cm³/mol. The van der Waals surface area contributed by atoms with E-state index in [2.05, 4.69) is 10.4 Å². The number of hydrogen-bond donors (Lipinski definition) is 1. The molecule has 1 aromatic heterocycles. The van der Waals surface area contributed by atoms with Crippen molar-refractivity contribution in [3.05, 3.63) is 71.1 Å². The Morgan fingerprint density at radius 1 is 0.893 bits per heavy atom. The van der Waals surface area contributed by atoms with Gasteiger partial charge in [-0.05, 0) is 34.7 Å². The van der Waals surface area contributed by atoms with Gasteiger partial charge in [0.25, 0.3) is 0 Å². The Labute approximate surface area is 162 Å². The van der Waals surface area contributed by atoms with Crippen LogP contribution in [0.4, 0.5) is 0 Å². The van der Waals surface area contributed by atoms with Gasteiger partial charge in [-0.1, -0.05) is 36.4 Å². The largest absolute Gasteiger partial charge is 0.373 e. The minimum absolute atomic E-state index is 0.306. The van der Waals surface area contributed by atoms with E-state index in [1.807, 2.05) is 18.2 Å². The molecule has 2 heterocycles. The third kappa shape index (κ3) is 3.61. The molecule has 9 nitrogen and oxygen atoms in total. The van der Waals surface area contributed by atoms with Gasteiger partial charge in [-0.15, -0.1) is 4.68 Å². The third-order valence-corrected chi connectivity index (χ3v) is 6.74. The zero-order chi connectivity index (χ0) is 19.6. The number of quaternary nitrogens is 1. The topological polar surface area (TPSA) is 94.5 Å². The van der Waals surface area contributed by atoms with Crippen molar-refractivity contribution in [2.75, 3.05) is 26.2 Å². The third-order valence-electron chi connectivity index (χ3n) is 4.82. The van der Waals surface area contributed by atoms with E-state index in [0.29, 0.717) is 43.4 Å². The Morgan fingerprint density at radius 3 is 2.14 bits per heavy atom. The average Bonchev–Trinajstić information content (AvgIpc) is 3.10. The molecule has 1 aliphatic rings. The number of benzene rings is 2. The van der Waals surface area contributed by atoms with E-state index >= 15 is 0 Å². The smallest absolute Gasteiger partial charge is 0.314 e. The van der Waals surface area contributed by atoms with Crippen molar-refractivity contribution in [2.24, 2.45) is 0 Å². The minimum Gasteiger partial charge on any atom is -0.314 e. The molecule has 146 valence electrons. The van der Waals surface area contributed by atoms with Crippen LogP contribution in [0.5, 0.6) is 0 Å². The Bertz CT molecular complexity index is 1090. The summed E-state index contributed by atoms with van der Waals surface area (Å²) in [5.41, 5.74) is 0.352. The molecule has 0 aliphatic carbocycles. The van der Waals surface area contributed by atoms with Gasteiger partial charge in [0.05, 0.1) is 36.8 Å². The standard InChI is InChI=1S/C18H20N6O3S/c25-18-23(19-20-24(18)16-7-3-1-4-8-16)15-21-11-13-22(14-12-21)28(26,27)17-9-5-2-6-10-17/h1-10H,11-15H2/p+1. The van der Waals surface area contributed by atoms with E-state index in [0.717, 1.165) is 4.90 Å². The van der Waals surface area contributed by atoms with Crippen LogP contribution in [0.2, 0.25) is 0 Å². The number of nitrogens with one attached hydrogen (secondary N) is 1. The number of nitrogens with zero attached hydrogens (tertiary/aromatic N) is 5. The highest BCUT2D eigenvalue weighted by molar-refractivity contribution is 7.89. The average molecular weight is 401 g/mol. The summed E-state index contributed by atoms with van der Waals surface area (Å²) in [6.07, 6.45) is 0. The summed E-state index contributed by atoms with van der Waals surface area (Å²) in [7, 11) is -3.48. The normalized spacial score (nSPS) is 16.3. The van der Waals surface area contributed by atoms with Crippen molar-refractivity contribution in [2.45, 2.75) is 11.6 Å². The highest BCUT2D eigenvalue weighted by Gasteiger charge is 2.30. The molecule has 1 fully saturated rings. The highest BCUT2D eigenvalue weighted by Crippen LogP contribution is 2.14. The SMILES string of the molecule is O=c1n(C[NH+]2CCN(S(=O)(=O)c3ccccc3)CC2)nnn1-c1ccccc1. The fraction of sp³-hybridized carbons (Fsp3) is 0.278. The molecule has 0 amide bonds. The molecule has 1 saturated heterocycles. The second-order valence-electron chi connectivity index (χ2n) is 6.63. The summed E-state index contributed by atoms with van der Waals surface area (Å²) in [6, 6.07) is 17.6. The molecular weight excluding hydrogens is 380 g/mol. The lowest BCUT2D eigenvalue weighted by Gasteiger charge is -2.31. The van der Waals surface area contributed by atoms with Crippen molar-refractivity contribution in [1.29, 1.82) is 0 Å². The molecule has 0 radical (unpaired) electrons. The molecule has 0 spiro atoms. The van der Waals surface area contributed by atoms with Crippen molar-refractivity contribution in [3.8, 4) is 5.69 Å². The number of tetrazole rings is 1. The molecule has 1 aliphatic heterocycles. The van der Waals surface area contributed by atoms with Gasteiger partial charge in [-0.3, -0.25) is 0 Å². The number of piperazine rings is 1. The Morgan fingerprint density at radius 2 is 1.50 bits per heavy atom. The van der Waals surface area contributed by atoms with E-state index in [1.54, 1.807) is 42.5 Å². The van der Waals surface area contributed by atoms with Crippen LogP contribution in [0.25, 0.3) is 5.69 Å². The van der Waals surface area contributed by atoms with Crippen LogP contribution in [0.3, 0.4) is 0 Å². The van der Waals surface area contributed by atoms with Crippen LogP contribution in [-0.2, 0) is 16.7 Å². The summed E-state index contributed by atoms with van der Waals surface area (Å²) in [5, 5.41) is 7.91. The van der Waals surface area contributed by atoms with Crippen LogP contribution in [0.15, 0.2) is 70.4 Å².